The third-order valence-corrected chi connectivity index (χ3v) is 2.43. The summed E-state index contributed by atoms with van der Waals surface area (Å²) in [6, 6.07) is 4.03. The first-order chi connectivity index (χ1) is 6.19. The molecule has 0 spiro atoms. The topological polar surface area (TPSA) is 39.9 Å². The van der Waals surface area contributed by atoms with Gasteiger partial charge in [0.1, 0.15) is 11.9 Å². The molecule has 0 saturated carbocycles. The highest BCUT2D eigenvalue weighted by atomic mass is 32.2. The first-order valence-electron chi connectivity index (χ1n) is 3.80. The number of aromatic nitrogens is 1. The standard InChI is InChI=1S/C9H11N3S/c1-12(2)9-4-8(13-3)7(5-10)6-11-9/h4,6H,1-3H3. The van der Waals surface area contributed by atoms with Gasteiger partial charge in [-0.3, -0.25) is 0 Å². The lowest BCUT2D eigenvalue weighted by molar-refractivity contribution is 1.05. The van der Waals surface area contributed by atoms with Crippen LogP contribution in [0.25, 0.3) is 0 Å². The van der Waals surface area contributed by atoms with E-state index in [0.29, 0.717) is 5.56 Å². The maximum atomic E-state index is 8.76. The number of nitrogens with zero attached hydrogens (tertiary/aromatic N) is 3. The van der Waals surface area contributed by atoms with E-state index >= 15 is 0 Å². The molecule has 0 unspecified atom stereocenters. The number of hydrogen-bond acceptors (Lipinski definition) is 4. The van der Waals surface area contributed by atoms with Gasteiger partial charge in [0.25, 0.3) is 0 Å². The number of thioether (sulfide) groups is 1. The summed E-state index contributed by atoms with van der Waals surface area (Å²) < 4.78 is 0. The minimum atomic E-state index is 0.637. The minimum Gasteiger partial charge on any atom is -0.363 e. The van der Waals surface area contributed by atoms with Crippen LogP contribution in [0, 0.1) is 11.3 Å². The van der Waals surface area contributed by atoms with Crippen LogP contribution in [0.5, 0.6) is 0 Å². The first-order valence-corrected chi connectivity index (χ1v) is 5.03. The molecule has 1 aromatic rings. The fourth-order valence-corrected chi connectivity index (χ4v) is 1.47. The van der Waals surface area contributed by atoms with Crippen molar-refractivity contribution in [2.24, 2.45) is 0 Å². The molecular weight excluding hydrogens is 182 g/mol. The molecule has 1 aromatic heterocycles. The van der Waals surface area contributed by atoms with Crippen molar-refractivity contribution in [2.45, 2.75) is 4.90 Å². The van der Waals surface area contributed by atoms with Crippen molar-refractivity contribution in [1.29, 1.82) is 5.26 Å². The predicted molar refractivity (Wildman–Crippen MR) is 55.1 cm³/mol. The van der Waals surface area contributed by atoms with Crippen molar-refractivity contribution < 1.29 is 0 Å². The van der Waals surface area contributed by atoms with Crippen molar-refractivity contribution in [3.8, 4) is 6.07 Å². The van der Waals surface area contributed by atoms with Gasteiger partial charge in [0.2, 0.25) is 0 Å². The summed E-state index contributed by atoms with van der Waals surface area (Å²) in [4.78, 5) is 7.04. The van der Waals surface area contributed by atoms with E-state index in [1.807, 2.05) is 31.3 Å². The Morgan fingerprint density at radius 1 is 1.54 bits per heavy atom. The molecule has 0 atom stereocenters. The lowest BCUT2D eigenvalue weighted by Crippen LogP contribution is -2.10. The Morgan fingerprint density at radius 3 is 2.69 bits per heavy atom. The van der Waals surface area contributed by atoms with Gasteiger partial charge in [-0.05, 0) is 12.3 Å². The molecule has 0 amide bonds. The van der Waals surface area contributed by atoms with Crippen molar-refractivity contribution >= 4 is 17.6 Å². The van der Waals surface area contributed by atoms with E-state index in [0.717, 1.165) is 10.7 Å². The maximum absolute atomic E-state index is 8.76. The first kappa shape index (κ1) is 9.87. The largest absolute Gasteiger partial charge is 0.363 e. The molecule has 1 rings (SSSR count). The molecule has 0 aliphatic carbocycles. The van der Waals surface area contributed by atoms with Crippen molar-refractivity contribution in [3.05, 3.63) is 17.8 Å². The Balaban J connectivity index is 3.15. The molecule has 1 heterocycles. The normalized spacial score (nSPS) is 9.38. The van der Waals surface area contributed by atoms with Gasteiger partial charge >= 0.3 is 0 Å². The molecule has 4 heteroatoms. The van der Waals surface area contributed by atoms with Crippen LogP contribution in [0.2, 0.25) is 0 Å². The van der Waals surface area contributed by atoms with Crippen LogP contribution in [0.3, 0.4) is 0 Å². The quantitative estimate of drug-likeness (QED) is 0.671. The predicted octanol–water partition coefficient (Wildman–Crippen LogP) is 1.74. The van der Waals surface area contributed by atoms with E-state index in [4.69, 9.17) is 5.26 Å². The molecule has 0 aliphatic rings. The van der Waals surface area contributed by atoms with Crippen LogP contribution < -0.4 is 4.90 Å². The summed E-state index contributed by atoms with van der Waals surface area (Å²) >= 11 is 1.56. The average Bonchev–Trinajstić information content (AvgIpc) is 2.16. The second-order valence-corrected chi connectivity index (χ2v) is 3.60. The second-order valence-electron chi connectivity index (χ2n) is 2.75. The summed E-state index contributed by atoms with van der Waals surface area (Å²) in [6.45, 7) is 0. The van der Waals surface area contributed by atoms with Gasteiger partial charge in [-0.15, -0.1) is 11.8 Å². The van der Waals surface area contributed by atoms with Crippen molar-refractivity contribution in [1.82, 2.24) is 4.98 Å². The highest BCUT2D eigenvalue weighted by Gasteiger charge is 2.04. The zero-order chi connectivity index (χ0) is 9.84. The van der Waals surface area contributed by atoms with E-state index < -0.39 is 0 Å². The molecule has 0 bridgehead atoms. The number of nitriles is 1. The van der Waals surface area contributed by atoms with Crippen molar-refractivity contribution in [2.75, 3.05) is 25.3 Å². The van der Waals surface area contributed by atoms with Gasteiger partial charge in [0.05, 0.1) is 5.56 Å². The number of hydrogen-bond donors (Lipinski definition) is 0. The van der Waals surface area contributed by atoms with Gasteiger partial charge in [0.15, 0.2) is 0 Å². The fraction of sp³-hybridized carbons (Fsp3) is 0.333. The van der Waals surface area contributed by atoms with Gasteiger partial charge < -0.3 is 4.90 Å². The van der Waals surface area contributed by atoms with E-state index in [1.165, 1.54) is 0 Å². The summed E-state index contributed by atoms with van der Waals surface area (Å²) in [5.74, 6) is 0.878. The van der Waals surface area contributed by atoms with Gasteiger partial charge in [0, 0.05) is 25.2 Å². The Morgan fingerprint density at radius 2 is 2.23 bits per heavy atom. The van der Waals surface area contributed by atoms with Crippen LogP contribution in [-0.2, 0) is 0 Å². The van der Waals surface area contributed by atoms with Crippen molar-refractivity contribution in [3.63, 3.8) is 0 Å². The average molecular weight is 193 g/mol. The lowest BCUT2D eigenvalue weighted by atomic mass is 10.3. The van der Waals surface area contributed by atoms with Gasteiger partial charge in [-0.2, -0.15) is 5.26 Å². The Labute approximate surface area is 82.4 Å². The number of rotatable bonds is 2. The van der Waals surface area contributed by atoms with E-state index in [-0.39, 0.29) is 0 Å². The summed E-state index contributed by atoms with van der Waals surface area (Å²) in [5, 5.41) is 8.76. The van der Waals surface area contributed by atoms with Crippen LogP contribution in [-0.4, -0.2) is 25.3 Å². The van der Waals surface area contributed by atoms with Crippen LogP contribution in [0.15, 0.2) is 17.2 Å². The SMILES string of the molecule is CSc1cc(N(C)C)ncc1C#N. The van der Waals surface area contributed by atoms with E-state index in [9.17, 15) is 0 Å². The smallest absolute Gasteiger partial charge is 0.129 e. The zero-order valence-corrected chi connectivity index (χ0v) is 8.72. The third-order valence-electron chi connectivity index (χ3n) is 1.65. The van der Waals surface area contributed by atoms with E-state index in [2.05, 4.69) is 11.1 Å². The molecule has 0 fully saturated rings. The summed E-state index contributed by atoms with van der Waals surface area (Å²) in [7, 11) is 3.86. The second kappa shape index (κ2) is 4.15. The highest BCUT2D eigenvalue weighted by Crippen LogP contribution is 2.22. The molecule has 13 heavy (non-hydrogen) atoms. The molecule has 0 N–H and O–H groups in total. The lowest BCUT2D eigenvalue weighted by Gasteiger charge is -2.11. The van der Waals surface area contributed by atoms with E-state index in [1.54, 1.807) is 18.0 Å². The number of pyridine rings is 1. The molecule has 0 saturated heterocycles. The Bertz CT molecular complexity index is 341. The summed E-state index contributed by atoms with van der Waals surface area (Å²) in [6.07, 6.45) is 3.57. The van der Waals surface area contributed by atoms with Crippen LogP contribution >= 0.6 is 11.8 Å². The fourth-order valence-electron chi connectivity index (χ4n) is 0.924. The maximum Gasteiger partial charge on any atom is 0.129 e. The van der Waals surface area contributed by atoms with Gasteiger partial charge in [-0.25, -0.2) is 4.98 Å². The molecule has 68 valence electrons. The Hall–Kier alpha value is -1.21. The zero-order valence-electron chi connectivity index (χ0n) is 7.90. The highest BCUT2D eigenvalue weighted by molar-refractivity contribution is 7.98. The Kier molecular flexibility index (Phi) is 3.15. The molecule has 0 aliphatic heterocycles. The minimum absolute atomic E-state index is 0.637. The number of anilines is 1. The molecule has 0 radical (unpaired) electrons. The molecule has 0 aromatic carbocycles. The molecular formula is C9H11N3S. The van der Waals surface area contributed by atoms with Crippen LogP contribution in [0.1, 0.15) is 5.56 Å². The monoisotopic (exact) mass is 193 g/mol. The van der Waals surface area contributed by atoms with Gasteiger partial charge in [-0.1, -0.05) is 0 Å². The third kappa shape index (κ3) is 2.13. The summed E-state index contributed by atoms with van der Waals surface area (Å²) in [5.41, 5.74) is 0.637. The molecule has 3 nitrogen and oxygen atoms in total. The van der Waals surface area contributed by atoms with Crippen LogP contribution in [0.4, 0.5) is 5.82 Å².